The second-order valence-electron chi connectivity index (χ2n) is 4.08. The molecule has 1 aromatic heterocycles. The molecule has 0 aliphatic rings. The van der Waals surface area contributed by atoms with E-state index in [2.05, 4.69) is 30.9 Å². The highest BCUT2D eigenvalue weighted by Crippen LogP contribution is 2.19. The largest absolute Gasteiger partial charge is 0.450 e. The number of benzene rings is 1. The molecule has 0 radical (unpaired) electrons. The van der Waals surface area contributed by atoms with Crippen LogP contribution in [0.4, 0.5) is 10.1 Å². The van der Waals surface area contributed by atoms with Crippen LogP contribution >= 0.6 is 15.9 Å². The van der Waals surface area contributed by atoms with E-state index in [9.17, 15) is 14.0 Å². The number of hydrogen-bond donors (Lipinski definition) is 1. The van der Waals surface area contributed by atoms with Gasteiger partial charge in [0.15, 0.2) is 6.61 Å². The molecule has 0 aliphatic carbocycles. The fraction of sp³-hybridized carbons (Fsp3) is 0.154. The summed E-state index contributed by atoms with van der Waals surface area (Å²) in [5, 5.41) is 5.81. The van der Waals surface area contributed by atoms with Crippen molar-refractivity contribution in [3.63, 3.8) is 0 Å². The van der Waals surface area contributed by atoms with E-state index in [0.717, 1.165) is 0 Å². The first kappa shape index (κ1) is 15.2. The first-order valence-electron chi connectivity index (χ1n) is 5.81. The van der Waals surface area contributed by atoms with Crippen molar-refractivity contribution in [3.8, 4) is 0 Å². The summed E-state index contributed by atoms with van der Waals surface area (Å²) in [6.45, 7) is 1.08. The zero-order chi connectivity index (χ0) is 15.4. The number of hydrogen-bond acceptors (Lipinski definition) is 5. The molecule has 21 heavy (non-hydrogen) atoms. The van der Waals surface area contributed by atoms with E-state index in [1.165, 1.54) is 18.2 Å². The molecule has 0 unspecified atom stereocenters. The van der Waals surface area contributed by atoms with Gasteiger partial charge >= 0.3 is 5.97 Å². The summed E-state index contributed by atoms with van der Waals surface area (Å²) in [6, 6.07) is 5.55. The Hall–Kier alpha value is -2.22. The summed E-state index contributed by atoms with van der Waals surface area (Å²) in [5.74, 6) is -2.19. The average molecular weight is 357 g/mol. The maximum absolute atomic E-state index is 13.5. The zero-order valence-corrected chi connectivity index (χ0v) is 12.4. The van der Waals surface area contributed by atoms with Crippen LogP contribution in [0.5, 0.6) is 0 Å². The molecule has 0 saturated carbocycles. The third-order valence-electron chi connectivity index (χ3n) is 2.37. The van der Waals surface area contributed by atoms with Gasteiger partial charge in [-0.1, -0.05) is 21.1 Å². The number of amides is 1. The molecule has 0 aliphatic heterocycles. The predicted octanol–water partition coefficient (Wildman–Crippen LogP) is 2.68. The third-order valence-corrected chi connectivity index (χ3v) is 2.86. The van der Waals surface area contributed by atoms with Crippen molar-refractivity contribution in [2.45, 2.75) is 6.92 Å². The number of esters is 1. The smallest absolute Gasteiger partial charge is 0.377 e. The zero-order valence-electron chi connectivity index (χ0n) is 10.9. The lowest BCUT2D eigenvalue weighted by Crippen LogP contribution is -2.21. The summed E-state index contributed by atoms with van der Waals surface area (Å²) >= 11 is 3.10. The number of carbonyl (C=O) groups is 2. The normalized spacial score (nSPS) is 10.2. The highest BCUT2D eigenvalue weighted by molar-refractivity contribution is 9.10. The summed E-state index contributed by atoms with van der Waals surface area (Å²) in [5.41, 5.74) is 0.512. The molecule has 0 atom stereocenters. The van der Waals surface area contributed by atoms with E-state index in [1.807, 2.05) is 0 Å². The molecule has 0 spiro atoms. The van der Waals surface area contributed by atoms with Gasteiger partial charge in [-0.15, -0.1) is 0 Å². The van der Waals surface area contributed by atoms with Gasteiger partial charge in [0.1, 0.15) is 5.82 Å². The van der Waals surface area contributed by atoms with Crippen LogP contribution in [-0.2, 0) is 9.53 Å². The fourth-order valence-electron chi connectivity index (χ4n) is 1.44. The Morgan fingerprint density at radius 3 is 2.81 bits per heavy atom. The minimum absolute atomic E-state index is 0.00485. The van der Waals surface area contributed by atoms with Crippen LogP contribution in [0.3, 0.4) is 0 Å². The van der Waals surface area contributed by atoms with Crippen LogP contribution in [0, 0.1) is 12.7 Å². The maximum Gasteiger partial charge on any atom is 0.377 e. The van der Waals surface area contributed by atoms with Crippen molar-refractivity contribution in [2.75, 3.05) is 11.9 Å². The van der Waals surface area contributed by atoms with Gasteiger partial charge in [0.05, 0.1) is 11.4 Å². The van der Waals surface area contributed by atoms with E-state index < -0.39 is 24.3 Å². The minimum Gasteiger partial charge on any atom is -0.450 e. The summed E-state index contributed by atoms with van der Waals surface area (Å²) in [7, 11) is 0. The Bertz CT molecular complexity index is 687. The SMILES string of the molecule is Cc1cc(C(=O)OCC(=O)Nc2ccc(Br)cc2F)on1. The lowest BCUT2D eigenvalue weighted by molar-refractivity contribution is -0.119. The van der Waals surface area contributed by atoms with Crippen LogP contribution in [0.1, 0.15) is 16.2 Å². The van der Waals surface area contributed by atoms with Crippen molar-refractivity contribution in [1.29, 1.82) is 0 Å². The molecule has 1 aromatic carbocycles. The van der Waals surface area contributed by atoms with Gasteiger partial charge in [0, 0.05) is 10.5 Å². The number of nitrogens with one attached hydrogen (secondary N) is 1. The molecular formula is C13H10BrFN2O4. The lowest BCUT2D eigenvalue weighted by atomic mass is 10.3. The molecule has 2 aromatic rings. The molecule has 0 fully saturated rings. The van der Waals surface area contributed by atoms with Crippen molar-refractivity contribution in [2.24, 2.45) is 0 Å². The van der Waals surface area contributed by atoms with Crippen LogP contribution < -0.4 is 5.32 Å². The van der Waals surface area contributed by atoms with Crippen LogP contribution in [0.25, 0.3) is 0 Å². The number of anilines is 1. The topological polar surface area (TPSA) is 81.4 Å². The molecule has 6 nitrogen and oxygen atoms in total. The monoisotopic (exact) mass is 356 g/mol. The highest BCUT2D eigenvalue weighted by Gasteiger charge is 2.15. The van der Waals surface area contributed by atoms with Crippen molar-refractivity contribution in [1.82, 2.24) is 5.16 Å². The molecule has 8 heteroatoms. The maximum atomic E-state index is 13.5. The summed E-state index contributed by atoms with van der Waals surface area (Å²) in [4.78, 5) is 23.1. The molecule has 1 heterocycles. The molecular weight excluding hydrogens is 347 g/mol. The lowest BCUT2D eigenvalue weighted by Gasteiger charge is -2.06. The predicted molar refractivity (Wildman–Crippen MR) is 74.3 cm³/mol. The first-order valence-corrected chi connectivity index (χ1v) is 6.60. The van der Waals surface area contributed by atoms with Crippen molar-refractivity contribution in [3.05, 3.63) is 46.0 Å². The van der Waals surface area contributed by atoms with Crippen molar-refractivity contribution < 1.29 is 23.2 Å². The average Bonchev–Trinajstić information content (AvgIpc) is 2.86. The van der Waals surface area contributed by atoms with Crippen LogP contribution in [-0.4, -0.2) is 23.6 Å². The molecule has 0 bridgehead atoms. The fourth-order valence-corrected chi connectivity index (χ4v) is 1.77. The molecule has 2 rings (SSSR count). The van der Waals surface area contributed by atoms with E-state index in [0.29, 0.717) is 10.2 Å². The second kappa shape index (κ2) is 6.49. The van der Waals surface area contributed by atoms with Gasteiger partial charge in [-0.05, 0) is 25.1 Å². The van der Waals surface area contributed by atoms with Gasteiger partial charge < -0.3 is 14.6 Å². The number of aryl methyl sites for hydroxylation is 1. The molecule has 0 saturated heterocycles. The number of rotatable bonds is 4. The van der Waals surface area contributed by atoms with Gasteiger partial charge in [-0.2, -0.15) is 0 Å². The summed E-state index contributed by atoms with van der Waals surface area (Å²) in [6.07, 6.45) is 0. The highest BCUT2D eigenvalue weighted by atomic mass is 79.9. The Morgan fingerprint density at radius 1 is 1.43 bits per heavy atom. The van der Waals surface area contributed by atoms with Crippen LogP contribution in [0.15, 0.2) is 33.3 Å². The first-order chi connectivity index (χ1) is 9.95. The number of aromatic nitrogens is 1. The second-order valence-corrected chi connectivity index (χ2v) is 5.00. The third kappa shape index (κ3) is 4.12. The number of halogens is 2. The standard InChI is InChI=1S/C13H10BrFN2O4/c1-7-4-11(21-17-7)13(19)20-6-12(18)16-10-3-2-8(14)5-9(10)15/h2-5H,6H2,1H3,(H,16,18). The summed E-state index contributed by atoms with van der Waals surface area (Å²) < 4.78 is 23.5. The Kier molecular flexibility index (Phi) is 4.69. The number of carbonyl (C=O) groups excluding carboxylic acids is 2. The molecule has 110 valence electrons. The molecule has 1 N–H and O–H groups in total. The minimum atomic E-state index is -0.818. The Labute approximate surface area is 127 Å². The quantitative estimate of drug-likeness (QED) is 0.851. The van der Waals surface area contributed by atoms with E-state index in [1.54, 1.807) is 13.0 Å². The van der Waals surface area contributed by atoms with Gasteiger partial charge in [-0.3, -0.25) is 4.79 Å². The number of ether oxygens (including phenoxy) is 1. The Balaban J connectivity index is 1.89. The van der Waals surface area contributed by atoms with Gasteiger partial charge in [0.25, 0.3) is 5.91 Å². The Morgan fingerprint density at radius 2 is 2.19 bits per heavy atom. The van der Waals surface area contributed by atoms with Crippen molar-refractivity contribution >= 4 is 33.5 Å². The van der Waals surface area contributed by atoms with Gasteiger partial charge in [-0.25, -0.2) is 9.18 Å². The van der Waals surface area contributed by atoms with E-state index in [-0.39, 0.29) is 11.4 Å². The number of nitrogens with zero attached hydrogens (tertiary/aromatic N) is 1. The molecule has 1 amide bonds. The van der Waals surface area contributed by atoms with Crippen LogP contribution in [0.2, 0.25) is 0 Å². The van der Waals surface area contributed by atoms with E-state index in [4.69, 9.17) is 4.74 Å². The van der Waals surface area contributed by atoms with E-state index >= 15 is 0 Å². The van der Waals surface area contributed by atoms with Gasteiger partial charge in [0.2, 0.25) is 5.76 Å².